The summed E-state index contributed by atoms with van der Waals surface area (Å²) in [7, 11) is 0. The van der Waals surface area contributed by atoms with E-state index in [1.807, 2.05) is 6.92 Å². The molecule has 1 aromatic rings. The number of carbonyl (C=O) groups excluding carboxylic acids is 2. The van der Waals surface area contributed by atoms with Crippen LogP contribution < -0.4 is 4.90 Å². The van der Waals surface area contributed by atoms with E-state index in [2.05, 4.69) is 15.9 Å². The van der Waals surface area contributed by atoms with Gasteiger partial charge in [-0.15, -0.1) is 0 Å². The number of alkyl halides is 1. The van der Waals surface area contributed by atoms with Crippen LogP contribution in [0.25, 0.3) is 0 Å². The Morgan fingerprint density at radius 1 is 1.32 bits per heavy atom. The number of carbonyl (C=O) groups is 2. The number of hydrogen-bond acceptors (Lipinski definition) is 2. The van der Waals surface area contributed by atoms with Crippen LogP contribution in [0.5, 0.6) is 0 Å². The molecule has 1 atom stereocenters. The molecule has 0 N–H and O–H groups in total. The Labute approximate surface area is 117 Å². The first-order valence-electron chi connectivity index (χ1n) is 5.90. The van der Waals surface area contributed by atoms with Crippen LogP contribution in [0.2, 0.25) is 0 Å². The summed E-state index contributed by atoms with van der Waals surface area (Å²) in [6.45, 7) is 2.21. The van der Waals surface area contributed by atoms with Gasteiger partial charge >= 0.3 is 0 Å². The van der Waals surface area contributed by atoms with Gasteiger partial charge in [-0.25, -0.2) is 8.78 Å². The minimum absolute atomic E-state index is 0.0342. The van der Waals surface area contributed by atoms with E-state index in [1.54, 1.807) is 0 Å². The van der Waals surface area contributed by atoms with Crippen molar-refractivity contribution < 1.29 is 18.4 Å². The van der Waals surface area contributed by atoms with Gasteiger partial charge < -0.3 is 4.90 Å². The zero-order chi connectivity index (χ0) is 14.2. The average Bonchev–Trinajstić information content (AvgIpc) is 2.60. The van der Waals surface area contributed by atoms with E-state index in [0.29, 0.717) is 11.4 Å². The molecular weight excluding hydrogens is 320 g/mol. The SMILES string of the molecule is CCC(CBr)CN1C(=O)C(=O)c2c(F)cc(F)cc21. The Balaban J connectivity index is 2.44. The molecule has 19 heavy (non-hydrogen) atoms. The van der Waals surface area contributed by atoms with Crippen molar-refractivity contribution in [2.45, 2.75) is 13.3 Å². The predicted molar refractivity (Wildman–Crippen MR) is 70.6 cm³/mol. The fraction of sp³-hybridized carbons (Fsp3) is 0.385. The number of hydrogen-bond donors (Lipinski definition) is 0. The van der Waals surface area contributed by atoms with E-state index >= 15 is 0 Å². The number of fused-ring (bicyclic) bond motifs is 1. The van der Waals surface area contributed by atoms with Gasteiger partial charge in [0.2, 0.25) is 0 Å². The van der Waals surface area contributed by atoms with Crippen molar-refractivity contribution in [2.75, 3.05) is 16.8 Å². The normalized spacial score (nSPS) is 15.9. The number of anilines is 1. The van der Waals surface area contributed by atoms with Crippen molar-refractivity contribution in [3.8, 4) is 0 Å². The molecule has 102 valence electrons. The maximum atomic E-state index is 13.6. The molecule has 6 heteroatoms. The first-order valence-corrected chi connectivity index (χ1v) is 7.02. The summed E-state index contributed by atoms with van der Waals surface area (Å²) in [5.74, 6) is -3.36. The zero-order valence-electron chi connectivity index (χ0n) is 10.3. The summed E-state index contributed by atoms with van der Waals surface area (Å²) in [4.78, 5) is 24.8. The Hall–Kier alpha value is -1.30. The molecular formula is C13H12BrF2NO2. The third-order valence-corrected chi connectivity index (χ3v) is 4.14. The second-order valence-corrected chi connectivity index (χ2v) is 5.10. The van der Waals surface area contributed by atoms with E-state index in [9.17, 15) is 18.4 Å². The molecule has 3 nitrogen and oxygen atoms in total. The molecule has 1 aliphatic rings. The van der Waals surface area contributed by atoms with Crippen molar-refractivity contribution in [1.82, 2.24) is 0 Å². The highest BCUT2D eigenvalue weighted by atomic mass is 79.9. The highest BCUT2D eigenvalue weighted by molar-refractivity contribution is 9.09. The lowest BCUT2D eigenvalue weighted by molar-refractivity contribution is -0.114. The van der Waals surface area contributed by atoms with E-state index < -0.39 is 23.3 Å². The molecule has 1 unspecified atom stereocenters. The van der Waals surface area contributed by atoms with Gasteiger partial charge in [0.05, 0.1) is 11.3 Å². The summed E-state index contributed by atoms with van der Waals surface area (Å²) in [6.07, 6.45) is 0.788. The predicted octanol–water partition coefficient (Wildman–Crippen LogP) is 2.92. The summed E-state index contributed by atoms with van der Waals surface area (Å²) >= 11 is 3.32. The summed E-state index contributed by atoms with van der Waals surface area (Å²) in [5.41, 5.74) is -0.289. The Morgan fingerprint density at radius 2 is 2.00 bits per heavy atom. The van der Waals surface area contributed by atoms with Gasteiger partial charge in [0, 0.05) is 17.9 Å². The van der Waals surface area contributed by atoms with Crippen LogP contribution in [-0.2, 0) is 4.79 Å². The Bertz CT molecular complexity index is 544. The van der Waals surface area contributed by atoms with Gasteiger partial charge in [0.1, 0.15) is 11.6 Å². The van der Waals surface area contributed by atoms with Crippen molar-refractivity contribution >= 4 is 33.3 Å². The number of ketones is 1. The fourth-order valence-corrected chi connectivity index (χ4v) is 2.73. The summed E-state index contributed by atoms with van der Waals surface area (Å²) in [5, 5.41) is 0.647. The minimum atomic E-state index is -0.984. The van der Waals surface area contributed by atoms with E-state index in [0.717, 1.165) is 12.5 Å². The van der Waals surface area contributed by atoms with Gasteiger partial charge in [0.25, 0.3) is 11.7 Å². The maximum Gasteiger partial charge on any atom is 0.299 e. The lowest BCUT2D eigenvalue weighted by atomic mass is 10.1. The lowest BCUT2D eigenvalue weighted by Gasteiger charge is -2.21. The summed E-state index contributed by atoms with van der Waals surface area (Å²) in [6, 6.07) is 1.65. The molecule has 0 fully saturated rings. The molecule has 0 aliphatic carbocycles. The molecule has 0 bridgehead atoms. The van der Waals surface area contributed by atoms with Gasteiger partial charge in [-0.05, 0) is 12.0 Å². The molecule has 0 spiro atoms. The molecule has 2 rings (SSSR count). The molecule has 0 radical (unpaired) electrons. The van der Waals surface area contributed by atoms with Crippen molar-refractivity contribution in [3.05, 3.63) is 29.3 Å². The maximum absolute atomic E-state index is 13.6. The van der Waals surface area contributed by atoms with Crippen molar-refractivity contribution in [1.29, 1.82) is 0 Å². The van der Waals surface area contributed by atoms with E-state index in [4.69, 9.17) is 0 Å². The first kappa shape index (κ1) is 14.1. The van der Waals surface area contributed by atoms with E-state index in [1.165, 1.54) is 4.90 Å². The molecule has 0 aromatic heterocycles. The number of halogens is 3. The number of rotatable bonds is 4. The second kappa shape index (κ2) is 5.36. The minimum Gasteiger partial charge on any atom is -0.304 e. The van der Waals surface area contributed by atoms with Crippen LogP contribution in [-0.4, -0.2) is 23.6 Å². The number of amides is 1. The monoisotopic (exact) mass is 331 g/mol. The van der Waals surface area contributed by atoms with Crippen LogP contribution >= 0.6 is 15.9 Å². The van der Waals surface area contributed by atoms with Crippen LogP contribution in [0, 0.1) is 17.6 Å². The van der Waals surface area contributed by atoms with Crippen molar-refractivity contribution in [3.63, 3.8) is 0 Å². The Morgan fingerprint density at radius 3 is 2.58 bits per heavy atom. The summed E-state index contributed by atoms with van der Waals surface area (Å²) < 4.78 is 26.9. The van der Waals surface area contributed by atoms with Crippen molar-refractivity contribution in [2.24, 2.45) is 5.92 Å². The third kappa shape index (κ3) is 2.41. The molecule has 0 saturated heterocycles. The van der Waals surface area contributed by atoms with Gasteiger partial charge in [-0.1, -0.05) is 29.3 Å². The van der Waals surface area contributed by atoms with Crippen LogP contribution in [0.3, 0.4) is 0 Å². The van der Waals surface area contributed by atoms with Gasteiger partial charge in [-0.2, -0.15) is 0 Å². The third-order valence-electron chi connectivity index (χ3n) is 3.23. The van der Waals surface area contributed by atoms with Crippen LogP contribution in [0.15, 0.2) is 12.1 Å². The number of Topliss-reactive ketones (excluding diaryl/α,β-unsaturated/α-hetero) is 1. The lowest BCUT2D eigenvalue weighted by Crippen LogP contribution is -2.34. The van der Waals surface area contributed by atoms with Crippen LogP contribution in [0.1, 0.15) is 23.7 Å². The standard InChI is InChI=1S/C13H12BrF2NO2/c1-2-7(5-14)6-17-10-4-8(15)3-9(16)11(10)12(18)13(17)19/h3-4,7H,2,5-6H2,1H3. The fourth-order valence-electron chi connectivity index (χ4n) is 2.06. The van der Waals surface area contributed by atoms with Gasteiger partial charge in [-0.3, -0.25) is 9.59 Å². The zero-order valence-corrected chi connectivity index (χ0v) is 11.8. The quantitative estimate of drug-likeness (QED) is 0.628. The van der Waals surface area contributed by atoms with Crippen LogP contribution in [0.4, 0.5) is 14.5 Å². The smallest absolute Gasteiger partial charge is 0.299 e. The van der Waals surface area contributed by atoms with Gasteiger partial charge in [0.15, 0.2) is 0 Å². The van der Waals surface area contributed by atoms with E-state index in [-0.39, 0.29) is 23.7 Å². The molecule has 0 saturated carbocycles. The number of benzene rings is 1. The highest BCUT2D eigenvalue weighted by Gasteiger charge is 2.39. The highest BCUT2D eigenvalue weighted by Crippen LogP contribution is 2.33. The largest absolute Gasteiger partial charge is 0.304 e. The molecule has 1 amide bonds. The first-order chi connectivity index (χ1) is 8.99. The topological polar surface area (TPSA) is 37.4 Å². The molecule has 1 aromatic carbocycles. The molecule has 1 heterocycles. The second-order valence-electron chi connectivity index (χ2n) is 4.46. The number of nitrogens with zero attached hydrogens (tertiary/aromatic N) is 1. The molecule has 1 aliphatic heterocycles. The average molecular weight is 332 g/mol. The Kier molecular flexibility index (Phi) is 3.99.